The molecule has 2 rings (SSSR count). The van der Waals surface area contributed by atoms with E-state index in [-0.39, 0.29) is 10.0 Å². The van der Waals surface area contributed by atoms with Crippen molar-refractivity contribution < 1.29 is 13.2 Å². The fourth-order valence-corrected chi connectivity index (χ4v) is 2.81. The van der Waals surface area contributed by atoms with Crippen LogP contribution in [0.3, 0.4) is 0 Å². The first-order valence-corrected chi connectivity index (χ1v) is 6.81. The topological polar surface area (TPSA) is 81.2 Å². The maximum atomic E-state index is 11.9. The van der Waals surface area contributed by atoms with Crippen LogP contribution in [0.1, 0.15) is 0 Å². The second kappa shape index (κ2) is 4.68. The van der Waals surface area contributed by atoms with Crippen molar-refractivity contribution in [2.45, 2.75) is 4.90 Å². The van der Waals surface area contributed by atoms with Gasteiger partial charge < -0.3 is 4.74 Å². The van der Waals surface area contributed by atoms with E-state index in [1.54, 1.807) is 12.1 Å². The molecular weight excluding hydrogens is 262 g/mol. The molecule has 0 amide bonds. The van der Waals surface area contributed by atoms with Gasteiger partial charge in [-0.15, -0.1) is 0 Å². The molecule has 1 aromatic carbocycles. The molecule has 0 fully saturated rings. The Hall–Kier alpha value is -1.67. The molecule has 0 atom stereocenters. The average molecular weight is 271 g/mol. The number of nitrogens with one attached hydrogen (secondary N) is 1. The third-order valence-corrected chi connectivity index (χ3v) is 4.02. The van der Waals surface area contributed by atoms with Crippen molar-refractivity contribution in [3.05, 3.63) is 30.6 Å². The highest BCUT2D eigenvalue weighted by Crippen LogP contribution is 2.19. The molecule has 0 aliphatic rings. The second-order valence-corrected chi connectivity index (χ2v) is 5.49. The molecule has 17 heavy (non-hydrogen) atoms. The van der Waals surface area contributed by atoms with Crippen LogP contribution in [0.5, 0.6) is 5.75 Å². The standard InChI is InChI=1S/C9H9N3O3S2/c1-15-7-2-4-8(5-3-7)17(13,14)12-9-10-6-11-16-9/h2-6H,1H3,(H,10,11,12). The number of aromatic nitrogens is 2. The largest absolute Gasteiger partial charge is 0.497 e. The predicted molar refractivity (Wildman–Crippen MR) is 63.7 cm³/mol. The minimum atomic E-state index is -3.61. The van der Waals surface area contributed by atoms with Gasteiger partial charge in [0.15, 0.2) is 0 Å². The number of anilines is 1. The Kier molecular flexibility index (Phi) is 3.25. The second-order valence-electron chi connectivity index (χ2n) is 3.03. The summed E-state index contributed by atoms with van der Waals surface area (Å²) >= 11 is 0.976. The number of ether oxygens (including phenoxy) is 1. The average Bonchev–Trinajstić information content (AvgIpc) is 2.81. The van der Waals surface area contributed by atoms with Crippen LogP contribution in [0.15, 0.2) is 35.5 Å². The van der Waals surface area contributed by atoms with Gasteiger partial charge in [-0.3, -0.25) is 4.72 Å². The zero-order valence-corrected chi connectivity index (χ0v) is 10.5. The van der Waals surface area contributed by atoms with Crippen molar-refractivity contribution in [3.8, 4) is 5.75 Å². The first-order valence-electron chi connectivity index (χ1n) is 4.55. The number of rotatable bonds is 4. The van der Waals surface area contributed by atoms with E-state index < -0.39 is 10.0 Å². The molecule has 2 aromatic rings. The summed E-state index contributed by atoms with van der Waals surface area (Å²) in [6.45, 7) is 0. The third kappa shape index (κ3) is 2.71. The maximum Gasteiger partial charge on any atom is 0.263 e. The summed E-state index contributed by atoms with van der Waals surface area (Å²) in [4.78, 5) is 3.90. The van der Waals surface area contributed by atoms with Gasteiger partial charge in [-0.05, 0) is 24.3 Å². The zero-order chi connectivity index (χ0) is 12.3. The van der Waals surface area contributed by atoms with Crippen LogP contribution in [-0.2, 0) is 10.0 Å². The molecule has 8 heteroatoms. The van der Waals surface area contributed by atoms with E-state index in [1.165, 1.54) is 25.6 Å². The zero-order valence-electron chi connectivity index (χ0n) is 8.82. The molecule has 1 N–H and O–H groups in total. The molecule has 90 valence electrons. The number of hydrogen-bond acceptors (Lipinski definition) is 6. The van der Waals surface area contributed by atoms with Crippen molar-refractivity contribution in [2.24, 2.45) is 0 Å². The van der Waals surface area contributed by atoms with Crippen molar-refractivity contribution in [1.82, 2.24) is 9.36 Å². The van der Waals surface area contributed by atoms with Crippen molar-refractivity contribution in [1.29, 1.82) is 0 Å². The summed E-state index contributed by atoms with van der Waals surface area (Å²) < 4.78 is 34.8. The summed E-state index contributed by atoms with van der Waals surface area (Å²) in [6, 6.07) is 6.08. The molecule has 6 nitrogen and oxygen atoms in total. The summed E-state index contributed by atoms with van der Waals surface area (Å²) in [5, 5.41) is 0.237. The molecular formula is C9H9N3O3S2. The molecule has 0 aliphatic carbocycles. The quantitative estimate of drug-likeness (QED) is 0.907. The van der Waals surface area contributed by atoms with Crippen LogP contribution in [0.2, 0.25) is 0 Å². The number of sulfonamides is 1. The molecule has 0 bridgehead atoms. The van der Waals surface area contributed by atoms with E-state index in [1.807, 2.05) is 0 Å². The highest BCUT2D eigenvalue weighted by Gasteiger charge is 2.15. The fourth-order valence-electron chi connectivity index (χ4n) is 1.15. The van der Waals surface area contributed by atoms with Gasteiger partial charge in [0.2, 0.25) is 5.13 Å². The SMILES string of the molecule is COc1ccc(S(=O)(=O)Nc2ncns2)cc1. The third-order valence-electron chi connectivity index (χ3n) is 1.95. The smallest absolute Gasteiger partial charge is 0.263 e. The molecule has 0 aliphatic heterocycles. The van der Waals surface area contributed by atoms with Crippen LogP contribution in [0.25, 0.3) is 0 Å². The summed E-state index contributed by atoms with van der Waals surface area (Å²) in [5.41, 5.74) is 0. The lowest BCUT2D eigenvalue weighted by Gasteiger charge is -2.05. The van der Waals surface area contributed by atoms with Gasteiger partial charge in [0, 0.05) is 11.5 Å². The summed E-state index contributed by atoms with van der Waals surface area (Å²) in [5.74, 6) is 0.597. The van der Waals surface area contributed by atoms with Gasteiger partial charge >= 0.3 is 0 Å². The lowest BCUT2D eigenvalue weighted by molar-refractivity contribution is 0.414. The molecule has 1 heterocycles. The molecule has 0 saturated carbocycles. The Morgan fingerprint density at radius 2 is 2.00 bits per heavy atom. The summed E-state index contributed by atoms with van der Waals surface area (Å²) in [6.07, 6.45) is 1.29. The minimum Gasteiger partial charge on any atom is -0.497 e. The molecule has 0 saturated heterocycles. The Balaban J connectivity index is 2.25. The van der Waals surface area contributed by atoms with E-state index in [4.69, 9.17) is 4.74 Å². The first kappa shape index (κ1) is 11.8. The Morgan fingerprint density at radius 3 is 2.53 bits per heavy atom. The van der Waals surface area contributed by atoms with Gasteiger partial charge in [0.1, 0.15) is 12.1 Å². The first-order chi connectivity index (χ1) is 8.12. The Labute approximate surface area is 102 Å². The van der Waals surface area contributed by atoms with Crippen molar-refractivity contribution >= 4 is 26.7 Å². The lowest BCUT2D eigenvalue weighted by Crippen LogP contribution is -2.12. The van der Waals surface area contributed by atoms with Crippen LogP contribution in [0.4, 0.5) is 5.13 Å². The molecule has 0 spiro atoms. The van der Waals surface area contributed by atoms with Gasteiger partial charge in [0.25, 0.3) is 10.0 Å². The normalized spacial score (nSPS) is 11.1. The monoisotopic (exact) mass is 271 g/mol. The number of methoxy groups -OCH3 is 1. The van der Waals surface area contributed by atoms with Gasteiger partial charge in [0.05, 0.1) is 12.0 Å². The minimum absolute atomic E-state index is 0.147. The van der Waals surface area contributed by atoms with Gasteiger partial charge in [-0.1, -0.05) is 0 Å². The van der Waals surface area contributed by atoms with Gasteiger partial charge in [-0.25, -0.2) is 13.4 Å². The summed E-state index contributed by atoms with van der Waals surface area (Å²) in [7, 11) is -2.09. The molecule has 0 radical (unpaired) electrons. The number of benzene rings is 1. The van der Waals surface area contributed by atoms with E-state index in [9.17, 15) is 8.42 Å². The van der Waals surface area contributed by atoms with Crippen LogP contribution < -0.4 is 9.46 Å². The number of hydrogen-bond donors (Lipinski definition) is 1. The Morgan fingerprint density at radius 1 is 1.29 bits per heavy atom. The Bertz CT molecular complexity index is 578. The number of nitrogens with zero attached hydrogens (tertiary/aromatic N) is 2. The van der Waals surface area contributed by atoms with E-state index >= 15 is 0 Å². The van der Waals surface area contributed by atoms with Crippen LogP contribution >= 0.6 is 11.5 Å². The fraction of sp³-hybridized carbons (Fsp3) is 0.111. The van der Waals surface area contributed by atoms with Crippen LogP contribution in [-0.4, -0.2) is 24.9 Å². The lowest BCUT2D eigenvalue weighted by atomic mass is 10.3. The maximum absolute atomic E-state index is 11.9. The van der Waals surface area contributed by atoms with E-state index in [0.29, 0.717) is 5.75 Å². The van der Waals surface area contributed by atoms with Crippen LogP contribution in [0, 0.1) is 0 Å². The molecule has 1 aromatic heterocycles. The highest BCUT2D eigenvalue weighted by atomic mass is 32.2. The highest BCUT2D eigenvalue weighted by molar-refractivity contribution is 7.93. The van der Waals surface area contributed by atoms with E-state index in [2.05, 4.69) is 14.1 Å². The van der Waals surface area contributed by atoms with E-state index in [0.717, 1.165) is 11.5 Å². The van der Waals surface area contributed by atoms with Crippen molar-refractivity contribution in [3.63, 3.8) is 0 Å². The van der Waals surface area contributed by atoms with Crippen molar-refractivity contribution in [2.75, 3.05) is 11.8 Å². The predicted octanol–water partition coefficient (Wildman–Crippen LogP) is 1.35. The molecule has 0 unspecified atom stereocenters. The van der Waals surface area contributed by atoms with Gasteiger partial charge in [-0.2, -0.15) is 4.37 Å².